The van der Waals surface area contributed by atoms with Crippen molar-refractivity contribution in [2.75, 3.05) is 13.2 Å². The summed E-state index contributed by atoms with van der Waals surface area (Å²) in [6.45, 7) is 9.94. The zero-order valence-electron chi connectivity index (χ0n) is 17.9. The Morgan fingerprint density at radius 3 is 1.81 bits per heavy atom. The Bertz CT molecular complexity index is 484. The number of carboxylic acid groups (broad SMARTS) is 2. The minimum Gasteiger partial charge on any atom is -0.675 e. The smallest absolute Gasteiger partial charge is 0.675 e. The van der Waals surface area contributed by atoms with E-state index in [2.05, 4.69) is 20.8 Å². The van der Waals surface area contributed by atoms with Crippen molar-refractivity contribution in [1.29, 1.82) is 0 Å². The molecule has 1 saturated heterocycles. The molecule has 31 heavy (non-hydrogen) atoms. The van der Waals surface area contributed by atoms with Crippen LogP contribution in [-0.2, 0) is 40.1 Å². The predicted molar refractivity (Wildman–Crippen MR) is 103 cm³/mol. The number of carbonyl (C=O) groups is 2. The van der Waals surface area contributed by atoms with Crippen LogP contribution in [0.5, 0.6) is 0 Å². The summed E-state index contributed by atoms with van der Waals surface area (Å²) >= 11 is 0. The fourth-order valence-electron chi connectivity index (χ4n) is 1.83. The van der Waals surface area contributed by atoms with Gasteiger partial charge in [-0.25, -0.2) is 14.0 Å². The van der Waals surface area contributed by atoms with Gasteiger partial charge in [-0.3, -0.25) is 0 Å². The Kier molecular flexibility index (Phi) is 19.0. The molecule has 0 bridgehead atoms. The Morgan fingerprint density at radius 2 is 1.48 bits per heavy atom. The van der Waals surface area contributed by atoms with Crippen LogP contribution in [0.4, 0.5) is 4.39 Å². The van der Waals surface area contributed by atoms with E-state index in [0.29, 0.717) is 5.92 Å². The van der Waals surface area contributed by atoms with Crippen LogP contribution in [0.3, 0.4) is 0 Å². The molecule has 1 aliphatic rings. The van der Waals surface area contributed by atoms with Gasteiger partial charge < -0.3 is 52.8 Å². The van der Waals surface area contributed by atoms with E-state index in [4.69, 9.17) is 30.5 Å². The van der Waals surface area contributed by atoms with Gasteiger partial charge in [0.25, 0.3) is 0 Å². The standard InChI is InChI=1S/C11H17FO10.C4H9.C3H8N.Pt/c12-11(9(17)18,10(19)20)1-2-21-8-7(16)6(15)5(14)4(3-13)22-8;1-4(2)3;1-3(2)4;/h4-8,13-16H,1-3H2,(H,17,18)(H,19,20);4H,1H2,2-3H3;3-4H,1-2H3;/q;2*-1;+2/t4-,5-,6+,7+,8?;;;/m1.../s1. The van der Waals surface area contributed by atoms with Crippen molar-refractivity contribution in [2.45, 2.75) is 76.5 Å². The Morgan fingerprint density at radius 1 is 1.10 bits per heavy atom. The maximum absolute atomic E-state index is 13.7. The van der Waals surface area contributed by atoms with Crippen molar-refractivity contribution in [3.8, 4) is 0 Å². The number of halogens is 1. The number of hydrogen-bond acceptors (Lipinski definition) is 8. The molecular formula is C18H34FNO10Pt. The van der Waals surface area contributed by atoms with Crippen LogP contribution in [0.25, 0.3) is 5.73 Å². The Hall–Kier alpha value is -0.722. The van der Waals surface area contributed by atoms with Crippen LogP contribution in [0.2, 0.25) is 0 Å². The molecule has 0 saturated carbocycles. The molecule has 0 spiro atoms. The average Bonchev–Trinajstić information content (AvgIpc) is 2.60. The number of aliphatic hydroxyl groups excluding tert-OH is 4. The molecule has 0 aromatic carbocycles. The first kappa shape index (κ1) is 34.9. The molecule has 13 heteroatoms. The van der Waals surface area contributed by atoms with Gasteiger partial charge in [0.15, 0.2) is 6.29 Å². The third kappa shape index (κ3) is 13.4. The van der Waals surface area contributed by atoms with E-state index in [-0.39, 0.29) is 27.1 Å². The van der Waals surface area contributed by atoms with Gasteiger partial charge in [0.1, 0.15) is 24.4 Å². The average molecular weight is 639 g/mol. The van der Waals surface area contributed by atoms with Crippen LogP contribution in [0, 0.1) is 12.8 Å². The number of aliphatic carboxylic acids is 2. The van der Waals surface area contributed by atoms with Crippen LogP contribution in [0.15, 0.2) is 0 Å². The molecule has 5 atom stereocenters. The van der Waals surface area contributed by atoms with Gasteiger partial charge in [-0.1, -0.05) is 27.7 Å². The fraction of sp³-hybridized carbons (Fsp3) is 0.833. The summed E-state index contributed by atoms with van der Waals surface area (Å²) in [7, 11) is 0. The van der Waals surface area contributed by atoms with Crippen LogP contribution in [-0.4, -0.2) is 98.2 Å². The Labute approximate surface area is 195 Å². The summed E-state index contributed by atoms with van der Waals surface area (Å²) in [4.78, 5) is 21.2. The summed E-state index contributed by atoms with van der Waals surface area (Å²) in [5, 5.41) is 54.6. The van der Waals surface area contributed by atoms with E-state index in [1.54, 1.807) is 0 Å². The third-order valence-corrected chi connectivity index (χ3v) is 3.26. The molecule has 7 N–H and O–H groups in total. The first-order valence-electron chi connectivity index (χ1n) is 9.23. The van der Waals surface area contributed by atoms with E-state index < -0.39 is 67.9 Å². The number of hydrogen-bond donors (Lipinski definition) is 6. The second-order valence-corrected chi connectivity index (χ2v) is 7.28. The molecule has 1 aliphatic heterocycles. The normalized spacial score (nSPS) is 25.5. The second kappa shape index (κ2) is 16.8. The molecule has 11 nitrogen and oxygen atoms in total. The molecule has 1 heterocycles. The van der Waals surface area contributed by atoms with E-state index >= 15 is 0 Å². The molecule has 0 aromatic heterocycles. The molecule has 1 fully saturated rings. The van der Waals surface area contributed by atoms with Crippen molar-refractivity contribution >= 4 is 11.9 Å². The Balaban J connectivity index is -0.000000747. The van der Waals surface area contributed by atoms with Gasteiger partial charge in [0.2, 0.25) is 0 Å². The number of alkyl halides is 1. The monoisotopic (exact) mass is 638 g/mol. The summed E-state index contributed by atoms with van der Waals surface area (Å²) in [6, 6.07) is 0.0833. The molecule has 0 aliphatic carbocycles. The van der Waals surface area contributed by atoms with Crippen LogP contribution < -0.4 is 0 Å². The van der Waals surface area contributed by atoms with Crippen molar-refractivity contribution in [2.24, 2.45) is 5.92 Å². The van der Waals surface area contributed by atoms with Gasteiger partial charge >= 0.3 is 38.7 Å². The zero-order chi connectivity index (χ0) is 24.2. The minimum absolute atomic E-state index is 0. The number of carboxylic acids is 2. The van der Waals surface area contributed by atoms with Gasteiger partial charge in [-0.15, -0.1) is 6.04 Å². The molecular weight excluding hydrogens is 604 g/mol. The summed E-state index contributed by atoms with van der Waals surface area (Å²) < 4.78 is 23.4. The van der Waals surface area contributed by atoms with Crippen molar-refractivity contribution < 1.29 is 75.2 Å². The largest absolute Gasteiger partial charge is 2.00 e. The van der Waals surface area contributed by atoms with Crippen molar-refractivity contribution in [3.05, 3.63) is 12.7 Å². The quantitative estimate of drug-likeness (QED) is 0.163. The van der Waals surface area contributed by atoms with Gasteiger partial charge in [-0.05, 0) is 0 Å². The van der Waals surface area contributed by atoms with E-state index in [1.165, 1.54) is 0 Å². The molecule has 0 aromatic rings. The third-order valence-electron chi connectivity index (χ3n) is 3.26. The van der Waals surface area contributed by atoms with Gasteiger partial charge in [0, 0.05) is 6.42 Å². The van der Waals surface area contributed by atoms with Gasteiger partial charge in [-0.2, -0.15) is 5.92 Å². The number of rotatable bonds is 7. The fourth-order valence-corrected chi connectivity index (χ4v) is 1.83. The summed E-state index contributed by atoms with van der Waals surface area (Å²) in [6.07, 6.45) is -9.00. The number of aliphatic hydroxyl groups is 4. The topological polar surface area (TPSA) is 198 Å². The number of nitrogens with one attached hydrogen (secondary N) is 1. The van der Waals surface area contributed by atoms with Crippen molar-refractivity contribution in [3.63, 3.8) is 0 Å². The minimum atomic E-state index is -3.58. The molecule has 1 rings (SSSR count). The molecule has 1 unspecified atom stereocenters. The van der Waals surface area contributed by atoms with E-state index in [1.807, 2.05) is 13.8 Å². The molecule has 0 amide bonds. The zero-order valence-corrected chi connectivity index (χ0v) is 20.2. The van der Waals surface area contributed by atoms with Crippen LogP contribution >= 0.6 is 0 Å². The van der Waals surface area contributed by atoms with Crippen LogP contribution in [0.1, 0.15) is 34.1 Å². The maximum atomic E-state index is 13.7. The first-order chi connectivity index (χ1) is 13.6. The van der Waals surface area contributed by atoms with E-state index in [9.17, 15) is 29.3 Å². The first-order valence-corrected chi connectivity index (χ1v) is 9.23. The molecule has 188 valence electrons. The molecule has 0 radical (unpaired) electrons. The van der Waals surface area contributed by atoms with E-state index in [0.717, 1.165) is 0 Å². The SMILES string of the molecule is CC(C)[NH-].O=C(O)C(F)(CCOC1O[C@H](CO)[C@@H](O)[C@H](O)[C@@H]1O)C(=O)O.[CH2-]C(C)C.[Pt+2]. The van der Waals surface area contributed by atoms with Crippen molar-refractivity contribution in [1.82, 2.24) is 0 Å². The second-order valence-electron chi connectivity index (χ2n) is 7.28. The number of ether oxygens (including phenoxy) is 2. The van der Waals surface area contributed by atoms with Gasteiger partial charge in [0.05, 0.1) is 13.2 Å². The maximum Gasteiger partial charge on any atom is 2.00 e. The summed E-state index contributed by atoms with van der Waals surface area (Å²) in [5.74, 6) is -3.84. The predicted octanol–water partition coefficient (Wildman–Crippen LogP) is -0.00851. The summed E-state index contributed by atoms with van der Waals surface area (Å²) in [5.41, 5.74) is 3.01.